The number of nitrogens with zero attached hydrogens (tertiary/aromatic N) is 1. The van der Waals surface area contributed by atoms with Crippen LogP contribution in [0.2, 0.25) is 0 Å². The Kier molecular flexibility index (Phi) is 4.57. The zero-order chi connectivity index (χ0) is 15.6. The quantitative estimate of drug-likeness (QED) is 0.508. The van der Waals surface area contributed by atoms with Crippen LogP contribution in [-0.4, -0.2) is 42.6 Å². The second-order valence-electron chi connectivity index (χ2n) is 3.75. The number of nitro benzene ring substituents is 1. The first-order valence-corrected chi connectivity index (χ1v) is 6.53. The van der Waals surface area contributed by atoms with Gasteiger partial charge < -0.3 is 10.2 Å². The minimum absolute atomic E-state index is 0.536. The zero-order valence-corrected chi connectivity index (χ0v) is 10.6. The Morgan fingerprint density at radius 1 is 1.40 bits per heavy atom. The highest BCUT2D eigenvalue weighted by molar-refractivity contribution is 7.89. The highest BCUT2D eigenvalue weighted by atomic mass is 32.2. The predicted molar refractivity (Wildman–Crippen MR) is 62.0 cm³/mol. The monoisotopic (exact) mass is 312 g/mol. The maximum absolute atomic E-state index is 12.7. The van der Waals surface area contributed by atoms with Gasteiger partial charge in [0.05, 0.1) is 16.4 Å². The summed E-state index contributed by atoms with van der Waals surface area (Å²) >= 11 is 0. The summed E-state index contributed by atoms with van der Waals surface area (Å²) in [6.07, 6.45) is 0. The number of phenols is 1. The molecular formula is C9H10F2N2O6S. The molecule has 0 atom stereocenters. The summed E-state index contributed by atoms with van der Waals surface area (Å²) < 4.78 is 50.3. The molecule has 0 heterocycles. The number of aliphatic hydroxyl groups excluding tert-OH is 1. The molecule has 0 aromatic heterocycles. The molecular weight excluding hydrogens is 302 g/mol. The molecule has 0 aliphatic heterocycles. The van der Waals surface area contributed by atoms with Gasteiger partial charge in [-0.05, 0) is 12.1 Å². The molecule has 0 saturated heterocycles. The zero-order valence-electron chi connectivity index (χ0n) is 9.79. The Labute approximate surface area is 111 Å². The van der Waals surface area contributed by atoms with Gasteiger partial charge >= 0.3 is 5.69 Å². The molecule has 0 radical (unpaired) electrons. The van der Waals surface area contributed by atoms with E-state index >= 15 is 0 Å². The third kappa shape index (κ3) is 3.82. The molecule has 0 bridgehead atoms. The molecule has 0 unspecified atom stereocenters. The number of aliphatic hydroxyl groups is 1. The first-order valence-electron chi connectivity index (χ1n) is 5.05. The van der Waals surface area contributed by atoms with Crippen molar-refractivity contribution in [3.8, 4) is 5.75 Å². The summed E-state index contributed by atoms with van der Waals surface area (Å²) in [6, 6.07) is 2.12. The van der Waals surface area contributed by atoms with Crippen molar-refractivity contribution in [3.05, 3.63) is 28.3 Å². The Balaban J connectivity index is 3.05. The topological polar surface area (TPSA) is 130 Å². The van der Waals surface area contributed by atoms with Crippen molar-refractivity contribution in [1.82, 2.24) is 4.72 Å². The van der Waals surface area contributed by atoms with Crippen LogP contribution in [0.3, 0.4) is 0 Å². The third-order valence-electron chi connectivity index (χ3n) is 2.21. The normalized spacial score (nSPS) is 12.3. The lowest BCUT2D eigenvalue weighted by molar-refractivity contribution is -0.386. The number of sulfonamides is 1. The van der Waals surface area contributed by atoms with E-state index in [1.165, 1.54) is 4.72 Å². The van der Waals surface area contributed by atoms with Gasteiger partial charge in [-0.3, -0.25) is 10.1 Å². The van der Waals surface area contributed by atoms with E-state index in [0.29, 0.717) is 6.07 Å². The molecule has 0 amide bonds. The van der Waals surface area contributed by atoms with E-state index in [0.717, 1.165) is 12.1 Å². The molecule has 0 aliphatic carbocycles. The van der Waals surface area contributed by atoms with Crippen LogP contribution in [0.4, 0.5) is 14.5 Å². The number of phenolic OH excluding ortho intramolecular Hbond substituents is 1. The minimum Gasteiger partial charge on any atom is -0.502 e. The van der Waals surface area contributed by atoms with Crippen LogP contribution in [-0.2, 0) is 10.0 Å². The Morgan fingerprint density at radius 2 is 2.00 bits per heavy atom. The summed E-state index contributed by atoms with van der Waals surface area (Å²) in [5.74, 6) is -4.41. The number of rotatable bonds is 6. The van der Waals surface area contributed by atoms with Crippen LogP contribution in [0.5, 0.6) is 5.75 Å². The molecule has 3 N–H and O–H groups in total. The molecule has 0 fully saturated rings. The highest BCUT2D eigenvalue weighted by Crippen LogP contribution is 2.28. The fraction of sp³-hybridized carbons (Fsp3) is 0.333. The summed E-state index contributed by atoms with van der Waals surface area (Å²) in [5.41, 5.74) is -0.873. The number of hydrogen-bond acceptors (Lipinski definition) is 6. The van der Waals surface area contributed by atoms with E-state index < -0.39 is 50.4 Å². The van der Waals surface area contributed by atoms with Gasteiger partial charge in [0.15, 0.2) is 5.75 Å². The van der Waals surface area contributed by atoms with Gasteiger partial charge in [0.2, 0.25) is 10.0 Å². The lowest BCUT2D eigenvalue weighted by Gasteiger charge is -2.14. The Bertz CT molecular complexity index is 619. The van der Waals surface area contributed by atoms with Crippen molar-refractivity contribution in [2.45, 2.75) is 10.8 Å². The molecule has 0 aliphatic rings. The average Bonchev–Trinajstić information content (AvgIpc) is 2.36. The van der Waals surface area contributed by atoms with Gasteiger partial charge in [0.1, 0.15) is 6.61 Å². The van der Waals surface area contributed by atoms with Crippen LogP contribution in [0.15, 0.2) is 23.1 Å². The number of alkyl halides is 2. The van der Waals surface area contributed by atoms with Crippen LogP contribution in [0.1, 0.15) is 0 Å². The lowest BCUT2D eigenvalue weighted by Crippen LogP contribution is -2.38. The van der Waals surface area contributed by atoms with Crippen molar-refractivity contribution < 1.29 is 32.3 Å². The van der Waals surface area contributed by atoms with Crippen LogP contribution < -0.4 is 4.72 Å². The number of nitrogens with one attached hydrogen (secondary N) is 1. The molecule has 112 valence electrons. The maximum Gasteiger partial charge on any atom is 0.312 e. The van der Waals surface area contributed by atoms with Crippen molar-refractivity contribution in [2.75, 3.05) is 13.2 Å². The lowest BCUT2D eigenvalue weighted by atomic mass is 10.3. The van der Waals surface area contributed by atoms with Gasteiger partial charge in [0, 0.05) is 6.07 Å². The van der Waals surface area contributed by atoms with Gasteiger partial charge in [-0.25, -0.2) is 21.9 Å². The molecule has 8 nitrogen and oxygen atoms in total. The summed E-state index contributed by atoms with van der Waals surface area (Å²) in [6.45, 7) is -2.91. The van der Waals surface area contributed by atoms with Crippen molar-refractivity contribution in [1.29, 1.82) is 0 Å². The molecule has 0 saturated carbocycles. The number of hydrogen-bond donors (Lipinski definition) is 3. The molecule has 0 spiro atoms. The van der Waals surface area contributed by atoms with Crippen molar-refractivity contribution in [2.24, 2.45) is 0 Å². The van der Waals surface area contributed by atoms with E-state index in [-0.39, 0.29) is 0 Å². The van der Waals surface area contributed by atoms with E-state index in [9.17, 15) is 27.3 Å². The first kappa shape index (κ1) is 16.2. The largest absolute Gasteiger partial charge is 0.502 e. The van der Waals surface area contributed by atoms with Crippen LogP contribution in [0, 0.1) is 10.1 Å². The molecule has 11 heteroatoms. The Hall–Kier alpha value is -1.85. The fourth-order valence-electron chi connectivity index (χ4n) is 1.16. The van der Waals surface area contributed by atoms with E-state index in [1.54, 1.807) is 0 Å². The number of aromatic hydroxyl groups is 1. The molecule has 1 aromatic carbocycles. The van der Waals surface area contributed by atoms with Crippen molar-refractivity contribution in [3.63, 3.8) is 0 Å². The summed E-state index contributed by atoms with van der Waals surface area (Å²) in [7, 11) is -4.43. The fourth-order valence-corrected chi connectivity index (χ4v) is 2.24. The van der Waals surface area contributed by atoms with E-state index in [4.69, 9.17) is 10.2 Å². The molecule has 1 aromatic rings. The number of nitro groups is 1. The van der Waals surface area contributed by atoms with E-state index in [1.807, 2.05) is 0 Å². The van der Waals surface area contributed by atoms with Crippen molar-refractivity contribution >= 4 is 15.7 Å². The smallest absolute Gasteiger partial charge is 0.312 e. The molecule has 1 rings (SSSR count). The van der Waals surface area contributed by atoms with Gasteiger partial charge in [-0.15, -0.1) is 0 Å². The Morgan fingerprint density at radius 3 is 2.50 bits per heavy atom. The number of halogens is 2. The van der Waals surface area contributed by atoms with Crippen LogP contribution in [0.25, 0.3) is 0 Å². The SMILES string of the molecule is O=[N+]([O-])c1cc(S(=O)(=O)NCC(F)(F)CO)ccc1O. The van der Waals surface area contributed by atoms with E-state index in [2.05, 4.69) is 0 Å². The maximum atomic E-state index is 12.7. The van der Waals surface area contributed by atoms with Gasteiger partial charge in [0.25, 0.3) is 5.92 Å². The molecule has 20 heavy (non-hydrogen) atoms. The van der Waals surface area contributed by atoms with Gasteiger partial charge in [-0.2, -0.15) is 0 Å². The second-order valence-corrected chi connectivity index (χ2v) is 5.51. The third-order valence-corrected chi connectivity index (χ3v) is 3.60. The highest BCUT2D eigenvalue weighted by Gasteiger charge is 2.31. The predicted octanol–water partition coefficient (Wildman–Crippen LogP) is 0.206. The van der Waals surface area contributed by atoms with Crippen LogP contribution >= 0.6 is 0 Å². The summed E-state index contributed by atoms with van der Waals surface area (Å²) in [4.78, 5) is 8.87. The first-order chi connectivity index (χ1) is 9.09. The average molecular weight is 312 g/mol. The summed E-state index contributed by atoms with van der Waals surface area (Å²) in [5, 5.41) is 28.0. The minimum atomic E-state index is -4.43. The second kappa shape index (κ2) is 5.64. The standard InChI is InChI=1S/C9H10F2N2O6S/c10-9(11,5-14)4-12-20(18,19)6-1-2-8(15)7(3-6)13(16)17/h1-3,12,14-15H,4-5H2. The number of benzene rings is 1. The van der Waals surface area contributed by atoms with Gasteiger partial charge in [-0.1, -0.05) is 0 Å².